The number of anilines is 1. The number of amides is 1. The first kappa shape index (κ1) is 14.6. The molecule has 3 aromatic rings. The summed E-state index contributed by atoms with van der Waals surface area (Å²) in [5, 5.41) is 3.80. The van der Waals surface area contributed by atoms with E-state index in [1.165, 1.54) is 0 Å². The predicted molar refractivity (Wildman–Crippen MR) is 86.8 cm³/mol. The Morgan fingerprint density at radius 3 is 2.50 bits per heavy atom. The number of H-pyrrole nitrogens is 1. The molecule has 0 aliphatic heterocycles. The van der Waals surface area contributed by atoms with Gasteiger partial charge in [0.2, 0.25) is 0 Å². The number of halogens is 2. The molecule has 0 spiro atoms. The van der Waals surface area contributed by atoms with E-state index >= 15 is 0 Å². The Labute approximate surface area is 134 Å². The third kappa shape index (κ3) is 2.95. The number of carbonyl (C=O) groups excluding carboxylic acids is 1. The minimum Gasteiger partial charge on any atom is -0.319 e. The summed E-state index contributed by atoms with van der Waals surface area (Å²) in [6, 6.07) is 11.4. The minimum absolute atomic E-state index is 0.0835. The molecule has 0 saturated carbocycles. The molecular formula is C15H9Cl2N3O2. The lowest BCUT2D eigenvalue weighted by Gasteiger charge is -2.06. The fraction of sp³-hybridized carbons (Fsp3) is 0. The Hall–Kier alpha value is -2.37. The van der Waals surface area contributed by atoms with Crippen LogP contribution in [0.1, 0.15) is 10.6 Å². The van der Waals surface area contributed by atoms with Gasteiger partial charge in [-0.1, -0.05) is 35.3 Å². The molecule has 0 saturated heterocycles. The number of nitrogens with zero attached hydrogens (tertiary/aromatic N) is 1. The van der Waals surface area contributed by atoms with Gasteiger partial charge in [0.25, 0.3) is 11.5 Å². The van der Waals surface area contributed by atoms with Gasteiger partial charge in [-0.2, -0.15) is 0 Å². The quantitative estimate of drug-likeness (QED) is 0.753. The van der Waals surface area contributed by atoms with E-state index in [1.807, 2.05) is 0 Å². The number of benzene rings is 2. The summed E-state index contributed by atoms with van der Waals surface area (Å²) in [6.07, 6.45) is 0. The molecule has 5 nitrogen and oxygen atoms in total. The molecule has 1 heterocycles. The monoisotopic (exact) mass is 333 g/mol. The molecule has 1 amide bonds. The molecule has 0 atom stereocenters. The number of hydrogen-bond donors (Lipinski definition) is 2. The van der Waals surface area contributed by atoms with Gasteiger partial charge in [0, 0.05) is 15.7 Å². The molecule has 0 bridgehead atoms. The highest BCUT2D eigenvalue weighted by Crippen LogP contribution is 2.22. The van der Waals surface area contributed by atoms with Crippen LogP contribution in [0.5, 0.6) is 0 Å². The molecule has 2 N–H and O–H groups in total. The number of aromatic amines is 1. The Bertz CT molecular complexity index is 917. The van der Waals surface area contributed by atoms with Crippen LogP contribution in [0.15, 0.2) is 47.3 Å². The SMILES string of the molecule is O=C(Nc1cc(Cl)cc(Cl)c1)c1nc2ccccc2c(=O)[nH]1. The lowest BCUT2D eigenvalue weighted by molar-refractivity contribution is 0.101. The van der Waals surface area contributed by atoms with E-state index in [0.717, 1.165) is 0 Å². The highest BCUT2D eigenvalue weighted by Gasteiger charge is 2.12. The molecule has 0 aliphatic rings. The molecule has 2 aromatic carbocycles. The molecule has 0 aliphatic carbocycles. The van der Waals surface area contributed by atoms with Crippen molar-refractivity contribution in [3.63, 3.8) is 0 Å². The Balaban J connectivity index is 1.97. The summed E-state index contributed by atoms with van der Waals surface area (Å²) in [6.45, 7) is 0. The maximum atomic E-state index is 12.2. The van der Waals surface area contributed by atoms with Gasteiger partial charge in [0.05, 0.1) is 10.9 Å². The first-order valence-electron chi connectivity index (χ1n) is 6.29. The molecule has 22 heavy (non-hydrogen) atoms. The summed E-state index contributed by atoms with van der Waals surface area (Å²) >= 11 is 11.7. The van der Waals surface area contributed by atoms with Crippen LogP contribution in [0.25, 0.3) is 10.9 Å². The molecule has 0 radical (unpaired) electrons. The van der Waals surface area contributed by atoms with Crippen molar-refractivity contribution >= 4 is 45.7 Å². The van der Waals surface area contributed by atoms with Crippen LogP contribution in [-0.4, -0.2) is 15.9 Å². The maximum Gasteiger partial charge on any atom is 0.291 e. The lowest BCUT2D eigenvalue weighted by atomic mass is 10.2. The largest absolute Gasteiger partial charge is 0.319 e. The van der Waals surface area contributed by atoms with Gasteiger partial charge in [-0.15, -0.1) is 0 Å². The number of nitrogens with one attached hydrogen (secondary N) is 2. The standard InChI is InChI=1S/C15H9Cl2N3O2/c16-8-5-9(17)7-10(6-8)18-15(22)13-19-12-4-2-1-3-11(12)14(21)20-13/h1-7H,(H,18,22)(H,19,20,21). The van der Waals surface area contributed by atoms with Gasteiger partial charge in [-0.05, 0) is 30.3 Å². The number of hydrogen-bond acceptors (Lipinski definition) is 3. The zero-order valence-electron chi connectivity index (χ0n) is 11.1. The average Bonchev–Trinajstić information content (AvgIpc) is 2.46. The first-order chi connectivity index (χ1) is 10.5. The van der Waals surface area contributed by atoms with Gasteiger partial charge in [0.15, 0.2) is 5.82 Å². The first-order valence-corrected chi connectivity index (χ1v) is 7.05. The van der Waals surface area contributed by atoms with E-state index in [4.69, 9.17) is 23.2 Å². The van der Waals surface area contributed by atoms with Crippen LogP contribution in [0.3, 0.4) is 0 Å². The highest BCUT2D eigenvalue weighted by atomic mass is 35.5. The Kier molecular flexibility index (Phi) is 3.83. The van der Waals surface area contributed by atoms with E-state index < -0.39 is 5.91 Å². The van der Waals surface area contributed by atoms with Crippen molar-refractivity contribution in [1.29, 1.82) is 0 Å². The molecule has 7 heteroatoms. The van der Waals surface area contributed by atoms with Gasteiger partial charge in [-0.3, -0.25) is 9.59 Å². The Morgan fingerprint density at radius 2 is 1.77 bits per heavy atom. The lowest BCUT2D eigenvalue weighted by Crippen LogP contribution is -2.21. The number of aromatic nitrogens is 2. The smallest absolute Gasteiger partial charge is 0.291 e. The van der Waals surface area contributed by atoms with Crippen molar-refractivity contribution < 1.29 is 4.79 Å². The van der Waals surface area contributed by atoms with Crippen molar-refractivity contribution in [2.45, 2.75) is 0 Å². The number of carbonyl (C=O) groups is 1. The summed E-state index contributed by atoms with van der Waals surface area (Å²) in [4.78, 5) is 30.7. The fourth-order valence-corrected chi connectivity index (χ4v) is 2.54. The second-order valence-corrected chi connectivity index (χ2v) is 5.42. The van der Waals surface area contributed by atoms with Crippen LogP contribution in [0.4, 0.5) is 5.69 Å². The van der Waals surface area contributed by atoms with E-state index in [2.05, 4.69) is 15.3 Å². The third-order valence-electron chi connectivity index (χ3n) is 2.95. The summed E-state index contributed by atoms with van der Waals surface area (Å²) in [5.74, 6) is -0.638. The molecular weight excluding hydrogens is 325 g/mol. The third-order valence-corrected chi connectivity index (χ3v) is 3.38. The summed E-state index contributed by atoms with van der Waals surface area (Å²) in [7, 11) is 0. The summed E-state index contributed by atoms with van der Waals surface area (Å²) < 4.78 is 0. The molecule has 110 valence electrons. The number of fused-ring (bicyclic) bond motifs is 1. The zero-order valence-corrected chi connectivity index (χ0v) is 12.6. The van der Waals surface area contributed by atoms with Crippen LogP contribution in [0.2, 0.25) is 10.0 Å². The number of rotatable bonds is 2. The second-order valence-electron chi connectivity index (χ2n) is 4.54. The van der Waals surface area contributed by atoms with Crippen molar-refractivity contribution in [1.82, 2.24) is 9.97 Å². The predicted octanol–water partition coefficient (Wildman–Crippen LogP) is 3.48. The van der Waals surface area contributed by atoms with Gasteiger partial charge >= 0.3 is 0 Å². The Morgan fingerprint density at radius 1 is 1.09 bits per heavy atom. The molecule has 1 aromatic heterocycles. The average molecular weight is 334 g/mol. The molecule has 0 fully saturated rings. The highest BCUT2D eigenvalue weighted by molar-refractivity contribution is 6.35. The fourth-order valence-electron chi connectivity index (χ4n) is 2.01. The topological polar surface area (TPSA) is 74.8 Å². The maximum absolute atomic E-state index is 12.2. The van der Waals surface area contributed by atoms with Crippen molar-refractivity contribution in [3.8, 4) is 0 Å². The van der Waals surface area contributed by atoms with Crippen molar-refractivity contribution in [3.05, 3.63) is 68.7 Å². The molecule has 3 rings (SSSR count). The van der Waals surface area contributed by atoms with Crippen LogP contribution >= 0.6 is 23.2 Å². The van der Waals surface area contributed by atoms with E-state index in [0.29, 0.717) is 26.6 Å². The second kappa shape index (κ2) is 5.79. The van der Waals surface area contributed by atoms with Crippen LogP contribution in [-0.2, 0) is 0 Å². The minimum atomic E-state index is -0.554. The zero-order chi connectivity index (χ0) is 15.7. The van der Waals surface area contributed by atoms with E-state index in [1.54, 1.807) is 42.5 Å². The number of para-hydroxylation sites is 1. The normalized spacial score (nSPS) is 10.6. The van der Waals surface area contributed by atoms with Crippen molar-refractivity contribution in [2.24, 2.45) is 0 Å². The molecule has 0 unspecified atom stereocenters. The van der Waals surface area contributed by atoms with Crippen LogP contribution in [0, 0.1) is 0 Å². The van der Waals surface area contributed by atoms with Crippen molar-refractivity contribution in [2.75, 3.05) is 5.32 Å². The summed E-state index contributed by atoms with van der Waals surface area (Å²) in [5.41, 5.74) is 0.485. The van der Waals surface area contributed by atoms with Crippen LogP contribution < -0.4 is 10.9 Å². The van der Waals surface area contributed by atoms with E-state index in [-0.39, 0.29) is 11.4 Å². The van der Waals surface area contributed by atoms with Gasteiger partial charge in [-0.25, -0.2) is 4.98 Å². The van der Waals surface area contributed by atoms with E-state index in [9.17, 15) is 9.59 Å². The van der Waals surface area contributed by atoms with Gasteiger partial charge in [0.1, 0.15) is 0 Å². The van der Waals surface area contributed by atoms with Gasteiger partial charge < -0.3 is 10.3 Å².